The molecule has 200 valence electrons. The largest absolute Gasteiger partial charge is 0.476 e. The van der Waals surface area contributed by atoms with Gasteiger partial charge in [-0.15, -0.1) is 12.3 Å². The first-order valence-electron chi connectivity index (χ1n) is 11.1. The Morgan fingerprint density at radius 3 is 2.65 bits per heavy atom. The number of ether oxygens (including phenoxy) is 2. The van der Waals surface area contributed by atoms with Gasteiger partial charge in [0, 0.05) is 30.4 Å². The molecule has 0 bridgehead atoms. The third-order valence-electron chi connectivity index (χ3n) is 5.93. The topological polar surface area (TPSA) is 196 Å². The van der Waals surface area contributed by atoms with Crippen molar-refractivity contribution in [3.05, 3.63) is 40.2 Å². The van der Waals surface area contributed by atoms with Gasteiger partial charge < -0.3 is 44.7 Å². The zero-order chi connectivity index (χ0) is 27.5. The molecule has 1 aromatic heterocycles. The zero-order valence-electron chi connectivity index (χ0n) is 19.5. The Bertz CT molecular complexity index is 1260. The van der Waals surface area contributed by atoms with E-state index in [1.54, 1.807) is 6.92 Å². The summed E-state index contributed by atoms with van der Waals surface area (Å²) >= 11 is 0. The predicted molar refractivity (Wildman–Crippen MR) is 123 cm³/mol. The lowest BCUT2D eigenvalue weighted by Crippen LogP contribution is -2.74. The number of benzene rings is 1. The molecule has 2 aromatic rings. The standard InChI is InChI=1S/C24H26FNO11/c1-3-4-5-16(29)26-18-20(32)22(25)24(23(33)34,37-21(18)19(31)14(28)10-27)36-12-6-7-13-11(2)8-17(30)35-15(13)9-12/h1,6-9,14,18-22,27-28,31-32H,4-5,10H2,2H3,(H,26,29)(H,33,34)/t14-,18?,19-,20?,21?,22?,24?/m1/s1. The number of alkyl halides is 1. The van der Waals surface area contributed by atoms with E-state index in [-0.39, 0.29) is 24.2 Å². The molecule has 0 aliphatic carbocycles. The Balaban J connectivity index is 2.04. The third-order valence-corrected chi connectivity index (χ3v) is 5.93. The van der Waals surface area contributed by atoms with Gasteiger partial charge in [0.2, 0.25) is 12.1 Å². The van der Waals surface area contributed by atoms with E-state index in [9.17, 15) is 39.9 Å². The van der Waals surface area contributed by atoms with Crippen molar-refractivity contribution in [3.63, 3.8) is 0 Å². The number of aliphatic carboxylic acids is 1. The van der Waals surface area contributed by atoms with Crippen molar-refractivity contribution in [1.82, 2.24) is 5.32 Å². The van der Waals surface area contributed by atoms with E-state index in [0.29, 0.717) is 10.9 Å². The number of carbonyl (C=O) groups is 2. The molecule has 1 aliphatic heterocycles. The fourth-order valence-corrected chi connectivity index (χ4v) is 4.00. The molecule has 12 nitrogen and oxygen atoms in total. The highest BCUT2D eigenvalue weighted by Gasteiger charge is 2.64. The van der Waals surface area contributed by atoms with Crippen molar-refractivity contribution < 1.29 is 53.4 Å². The highest BCUT2D eigenvalue weighted by molar-refractivity contribution is 5.82. The van der Waals surface area contributed by atoms with Crippen LogP contribution in [0.5, 0.6) is 5.75 Å². The molecule has 3 rings (SSSR count). The first-order valence-corrected chi connectivity index (χ1v) is 11.1. The third kappa shape index (κ3) is 5.58. The van der Waals surface area contributed by atoms with Gasteiger partial charge in [-0.05, 0) is 24.6 Å². The minimum absolute atomic E-state index is 0.0131. The highest BCUT2D eigenvalue weighted by Crippen LogP contribution is 2.37. The van der Waals surface area contributed by atoms with Crippen LogP contribution in [0, 0.1) is 19.3 Å². The molecular weight excluding hydrogens is 497 g/mol. The number of hydrogen-bond donors (Lipinski definition) is 6. The number of carbonyl (C=O) groups excluding carboxylic acids is 1. The molecule has 6 N–H and O–H groups in total. The van der Waals surface area contributed by atoms with Crippen LogP contribution in [0.25, 0.3) is 11.0 Å². The number of nitrogens with one attached hydrogen (secondary N) is 1. The Morgan fingerprint density at radius 2 is 2.03 bits per heavy atom. The maximum absolute atomic E-state index is 15.6. The normalized spacial score (nSPS) is 27.2. The van der Waals surface area contributed by atoms with Gasteiger partial charge in [-0.25, -0.2) is 14.0 Å². The van der Waals surface area contributed by atoms with Crippen molar-refractivity contribution in [3.8, 4) is 18.1 Å². The number of carboxylic acid groups (broad SMARTS) is 1. The summed E-state index contributed by atoms with van der Waals surface area (Å²) in [6, 6.07) is 3.23. The summed E-state index contributed by atoms with van der Waals surface area (Å²) < 4.78 is 31.4. The van der Waals surface area contributed by atoms with Crippen LogP contribution in [-0.2, 0) is 14.3 Å². The number of hydrogen-bond acceptors (Lipinski definition) is 10. The van der Waals surface area contributed by atoms with Crippen LogP contribution in [0.1, 0.15) is 18.4 Å². The molecule has 1 saturated heterocycles. The van der Waals surface area contributed by atoms with Crippen molar-refractivity contribution in [2.75, 3.05) is 6.61 Å². The number of aryl methyl sites for hydroxylation is 1. The average Bonchev–Trinajstić information content (AvgIpc) is 2.85. The average molecular weight is 523 g/mol. The SMILES string of the molecule is C#CCCC(=O)NC1C(O)C(F)C(Oc2ccc3c(C)cc(=O)oc3c2)(C(=O)O)OC1[C@H](O)[C@H](O)CO. The molecule has 7 atom stereocenters. The summed E-state index contributed by atoms with van der Waals surface area (Å²) in [6.07, 6.45) is -6.33. The molecule has 1 fully saturated rings. The molecule has 1 amide bonds. The molecule has 37 heavy (non-hydrogen) atoms. The maximum atomic E-state index is 15.6. The second-order valence-electron chi connectivity index (χ2n) is 8.49. The van der Waals surface area contributed by atoms with Crippen molar-refractivity contribution in [1.29, 1.82) is 0 Å². The Hall–Kier alpha value is -3.54. The van der Waals surface area contributed by atoms with Crippen LogP contribution >= 0.6 is 0 Å². The lowest BCUT2D eigenvalue weighted by atomic mass is 9.87. The van der Waals surface area contributed by atoms with E-state index < -0.39 is 66.5 Å². The number of amides is 1. The van der Waals surface area contributed by atoms with E-state index in [1.165, 1.54) is 18.2 Å². The molecule has 5 unspecified atom stereocenters. The van der Waals surface area contributed by atoms with Gasteiger partial charge in [0.15, 0.2) is 0 Å². The second-order valence-corrected chi connectivity index (χ2v) is 8.49. The number of aliphatic hydroxyl groups excluding tert-OH is 4. The Morgan fingerprint density at radius 1 is 1.32 bits per heavy atom. The number of terminal acetylenes is 1. The fourth-order valence-electron chi connectivity index (χ4n) is 4.00. The molecule has 1 aliphatic rings. The summed E-state index contributed by atoms with van der Waals surface area (Å²) in [5.74, 6) is -4.26. The first kappa shape index (κ1) is 28.0. The molecular formula is C24H26FNO11. The van der Waals surface area contributed by atoms with Crippen molar-refractivity contribution >= 4 is 22.8 Å². The van der Waals surface area contributed by atoms with Gasteiger partial charge in [0.25, 0.3) is 0 Å². The fraction of sp³-hybridized carbons (Fsp3) is 0.458. The highest BCUT2D eigenvalue weighted by atomic mass is 19.1. The van der Waals surface area contributed by atoms with Crippen molar-refractivity contribution in [2.45, 2.75) is 62.2 Å². The van der Waals surface area contributed by atoms with E-state index in [4.69, 9.17) is 20.3 Å². The quantitative estimate of drug-likeness (QED) is 0.174. The van der Waals surface area contributed by atoms with Gasteiger partial charge in [0.05, 0.1) is 12.6 Å². The first-order chi connectivity index (χ1) is 17.4. The van der Waals surface area contributed by atoms with Crippen LogP contribution in [0.4, 0.5) is 4.39 Å². The van der Waals surface area contributed by atoms with E-state index in [1.807, 2.05) is 0 Å². The van der Waals surface area contributed by atoms with Crippen LogP contribution in [0.3, 0.4) is 0 Å². The summed E-state index contributed by atoms with van der Waals surface area (Å²) in [6.45, 7) is 0.616. The lowest BCUT2D eigenvalue weighted by molar-refractivity contribution is -0.309. The van der Waals surface area contributed by atoms with Crippen LogP contribution in [-0.4, -0.2) is 86.4 Å². The van der Waals surface area contributed by atoms with Gasteiger partial charge in [0.1, 0.15) is 35.7 Å². The zero-order valence-corrected chi connectivity index (χ0v) is 19.5. The summed E-state index contributed by atoms with van der Waals surface area (Å²) in [7, 11) is 0. The maximum Gasteiger partial charge on any atom is 0.380 e. The van der Waals surface area contributed by atoms with E-state index >= 15 is 4.39 Å². The minimum Gasteiger partial charge on any atom is -0.476 e. The smallest absolute Gasteiger partial charge is 0.380 e. The van der Waals surface area contributed by atoms with Crippen LogP contribution in [0.2, 0.25) is 0 Å². The monoisotopic (exact) mass is 523 g/mol. The predicted octanol–water partition coefficient (Wildman–Crippen LogP) is -1.03. The number of carboxylic acids is 1. The number of rotatable bonds is 9. The van der Waals surface area contributed by atoms with Crippen LogP contribution < -0.4 is 15.7 Å². The summed E-state index contributed by atoms with van der Waals surface area (Å²) in [5.41, 5.74) is -0.170. The van der Waals surface area contributed by atoms with Gasteiger partial charge in [-0.3, -0.25) is 4.79 Å². The summed E-state index contributed by atoms with van der Waals surface area (Å²) in [5, 5.41) is 53.1. The van der Waals surface area contributed by atoms with Crippen LogP contribution in [0.15, 0.2) is 33.5 Å². The number of aliphatic hydroxyl groups is 4. The molecule has 1 aromatic carbocycles. The molecule has 13 heteroatoms. The summed E-state index contributed by atoms with van der Waals surface area (Å²) in [4.78, 5) is 36.3. The second kappa shape index (κ2) is 11.2. The van der Waals surface area contributed by atoms with Gasteiger partial charge >= 0.3 is 17.4 Å². The lowest BCUT2D eigenvalue weighted by Gasteiger charge is -2.48. The van der Waals surface area contributed by atoms with Gasteiger partial charge in [-0.1, -0.05) is 0 Å². The molecule has 0 radical (unpaired) electrons. The number of halogens is 1. The minimum atomic E-state index is -3.29. The molecule has 2 heterocycles. The molecule has 0 spiro atoms. The number of fused-ring (bicyclic) bond motifs is 1. The van der Waals surface area contributed by atoms with Gasteiger partial charge in [-0.2, -0.15) is 0 Å². The Labute approximate surface area is 209 Å². The van der Waals surface area contributed by atoms with E-state index in [0.717, 1.165) is 6.07 Å². The van der Waals surface area contributed by atoms with Crippen molar-refractivity contribution in [2.24, 2.45) is 0 Å². The van der Waals surface area contributed by atoms with E-state index in [2.05, 4.69) is 11.2 Å². The Kier molecular flexibility index (Phi) is 8.52. The molecule has 0 saturated carbocycles.